The molecule has 0 bridgehead atoms. The number of halogens is 2. The van der Waals surface area contributed by atoms with Crippen molar-refractivity contribution in [2.24, 2.45) is 0 Å². The summed E-state index contributed by atoms with van der Waals surface area (Å²) in [5, 5.41) is 9.30. The van der Waals surface area contributed by atoms with Crippen LogP contribution in [0.4, 0.5) is 4.39 Å². The van der Waals surface area contributed by atoms with Crippen molar-refractivity contribution >= 4 is 21.8 Å². The van der Waals surface area contributed by atoms with Gasteiger partial charge < -0.3 is 5.32 Å². The lowest BCUT2D eigenvalue weighted by atomic mass is 10.1. The monoisotopic (exact) mass is 311 g/mol. The molecule has 1 heterocycles. The lowest BCUT2D eigenvalue weighted by Crippen LogP contribution is -2.26. The van der Waals surface area contributed by atoms with Gasteiger partial charge in [-0.05, 0) is 41.1 Å². The van der Waals surface area contributed by atoms with Crippen molar-refractivity contribution in [3.8, 4) is 0 Å². The molecule has 94 valence electrons. The van der Waals surface area contributed by atoms with Crippen LogP contribution in [0.25, 0.3) is 0 Å². The Balaban J connectivity index is 2.10. The molecule has 18 heavy (non-hydrogen) atoms. The highest BCUT2D eigenvalue weighted by molar-refractivity contribution is 9.10. The second-order valence-electron chi connectivity index (χ2n) is 3.86. The van der Waals surface area contributed by atoms with E-state index in [0.717, 1.165) is 5.56 Å². The summed E-state index contributed by atoms with van der Waals surface area (Å²) in [5.41, 5.74) is 1.28. The molecular formula is C12H11BrFN3O. The average Bonchev–Trinajstić information content (AvgIpc) is 2.86. The van der Waals surface area contributed by atoms with E-state index in [0.29, 0.717) is 5.56 Å². The molecule has 0 spiro atoms. The van der Waals surface area contributed by atoms with Crippen LogP contribution in [0.1, 0.15) is 28.9 Å². The summed E-state index contributed by atoms with van der Waals surface area (Å²) in [6.45, 7) is 1.85. The lowest BCUT2D eigenvalue weighted by Gasteiger charge is -2.12. The molecule has 0 radical (unpaired) electrons. The molecule has 0 saturated heterocycles. The number of aromatic nitrogens is 2. The highest BCUT2D eigenvalue weighted by atomic mass is 79.9. The molecule has 0 saturated carbocycles. The van der Waals surface area contributed by atoms with Gasteiger partial charge in [0.15, 0.2) is 0 Å². The molecule has 4 nitrogen and oxygen atoms in total. The van der Waals surface area contributed by atoms with Crippen molar-refractivity contribution in [2.45, 2.75) is 13.0 Å². The molecule has 1 aromatic heterocycles. The van der Waals surface area contributed by atoms with E-state index in [2.05, 4.69) is 31.4 Å². The van der Waals surface area contributed by atoms with Crippen LogP contribution in [0.2, 0.25) is 0 Å². The van der Waals surface area contributed by atoms with Gasteiger partial charge in [0.25, 0.3) is 5.91 Å². The van der Waals surface area contributed by atoms with Gasteiger partial charge in [-0.2, -0.15) is 5.10 Å². The number of aromatic amines is 1. The zero-order valence-electron chi connectivity index (χ0n) is 9.58. The van der Waals surface area contributed by atoms with Crippen molar-refractivity contribution < 1.29 is 9.18 Å². The molecule has 0 aliphatic carbocycles. The van der Waals surface area contributed by atoms with E-state index >= 15 is 0 Å². The predicted octanol–water partition coefficient (Wildman–Crippen LogP) is 2.80. The normalized spacial score (nSPS) is 12.2. The summed E-state index contributed by atoms with van der Waals surface area (Å²) in [7, 11) is 0. The fourth-order valence-corrected chi connectivity index (χ4v) is 1.88. The number of amides is 1. The van der Waals surface area contributed by atoms with Gasteiger partial charge in [0.1, 0.15) is 5.82 Å². The lowest BCUT2D eigenvalue weighted by molar-refractivity contribution is 0.0940. The predicted molar refractivity (Wildman–Crippen MR) is 68.6 cm³/mol. The quantitative estimate of drug-likeness (QED) is 0.915. The van der Waals surface area contributed by atoms with Crippen LogP contribution in [0.5, 0.6) is 0 Å². The summed E-state index contributed by atoms with van der Waals surface area (Å²) in [4.78, 5) is 11.9. The first kappa shape index (κ1) is 12.8. The van der Waals surface area contributed by atoms with Crippen LogP contribution in [0.3, 0.4) is 0 Å². The van der Waals surface area contributed by atoms with E-state index in [1.54, 1.807) is 12.4 Å². The van der Waals surface area contributed by atoms with E-state index in [4.69, 9.17) is 0 Å². The second kappa shape index (κ2) is 5.30. The Morgan fingerprint density at radius 2 is 2.33 bits per heavy atom. The van der Waals surface area contributed by atoms with E-state index < -0.39 is 5.82 Å². The van der Waals surface area contributed by atoms with Crippen LogP contribution in [-0.4, -0.2) is 16.1 Å². The van der Waals surface area contributed by atoms with Gasteiger partial charge in [0, 0.05) is 17.3 Å². The van der Waals surface area contributed by atoms with Crippen molar-refractivity contribution in [2.75, 3.05) is 0 Å². The van der Waals surface area contributed by atoms with E-state index in [-0.39, 0.29) is 16.4 Å². The maximum atomic E-state index is 13.1. The number of benzene rings is 1. The Kier molecular flexibility index (Phi) is 3.76. The van der Waals surface area contributed by atoms with Crippen LogP contribution in [0.15, 0.2) is 35.1 Å². The molecule has 0 aliphatic heterocycles. The molecule has 2 rings (SSSR count). The number of H-pyrrole nitrogens is 1. The number of hydrogen-bond acceptors (Lipinski definition) is 2. The molecule has 2 N–H and O–H groups in total. The molecule has 0 fully saturated rings. The third-order valence-corrected chi connectivity index (χ3v) is 3.16. The number of hydrogen-bond donors (Lipinski definition) is 2. The molecule has 2 aromatic rings. The van der Waals surface area contributed by atoms with E-state index in [9.17, 15) is 9.18 Å². The van der Waals surface area contributed by atoms with Crippen LogP contribution in [0, 0.1) is 5.82 Å². The van der Waals surface area contributed by atoms with Crippen molar-refractivity contribution in [1.29, 1.82) is 0 Å². The summed E-state index contributed by atoms with van der Waals surface area (Å²) in [6, 6.07) is 3.98. The maximum Gasteiger partial charge on any atom is 0.251 e. The molecule has 6 heteroatoms. The van der Waals surface area contributed by atoms with Gasteiger partial charge in [0.2, 0.25) is 0 Å². The summed E-state index contributed by atoms with van der Waals surface area (Å²) in [5.74, 6) is -0.654. The van der Waals surface area contributed by atoms with Gasteiger partial charge in [0.05, 0.1) is 16.7 Å². The van der Waals surface area contributed by atoms with Crippen LogP contribution < -0.4 is 5.32 Å². The number of nitrogens with zero attached hydrogens (tertiary/aromatic N) is 1. The summed E-state index contributed by atoms with van der Waals surface area (Å²) >= 11 is 3.05. The molecule has 1 amide bonds. The number of nitrogens with one attached hydrogen (secondary N) is 2. The zero-order chi connectivity index (χ0) is 13.1. The summed E-state index contributed by atoms with van der Waals surface area (Å²) in [6.07, 6.45) is 3.36. The number of rotatable bonds is 3. The fraction of sp³-hybridized carbons (Fsp3) is 0.167. The minimum Gasteiger partial charge on any atom is -0.345 e. The smallest absolute Gasteiger partial charge is 0.251 e. The van der Waals surface area contributed by atoms with Crippen molar-refractivity contribution in [1.82, 2.24) is 15.5 Å². The minimum absolute atomic E-state index is 0.167. The Morgan fingerprint density at radius 3 is 2.94 bits per heavy atom. The van der Waals surface area contributed by atoms with Crippen molar-refractivity contribution in [3.05, 3.63) is 52.0 Å². The van der Waals surface area contributed by atoms with E-state index in [1.807, 2.05) is 6.92 Å². The minimum atomic E-state index is -0.394. The fourth-order valence-electron chi connectivity index (χ4n) is 1.50. The third-order valence-electron chi connectivity index (χ3n) is 2.55. The Hall–Kier alpha value is -1.69. The van der Waals surface area contributed by atoms with Gasteiger partial charge in [-0.25, -0.2) is 4.39 Å². The third kappa shape index (κ3) is 2.76. The largest absolute Gasteiger partial charge is 0.345 e. The highest BCUT2D eigenvalue weighted by Gasteiger charge is 2.13. The second-order valence-corrected chi connectivity index (χ2v) is 4.71. The van der Waals surface area contributed by atoms with Crippen molar-refractivity contribution in [3.63, 3.8) is 0 Å². The molecule has 1 atom stereocenters. The summed E-state index contributed by atoms with van der Waals surface area (Å²) < 4.78 is 13.3. The first-order chi connectivity index (χ1) is 8.58. The SMILES string of the molecule is CC(NC(=O)c1ccc(F)c(Br)c1)c1cn[nH]c1. The van der Waals surface area contributed by atoms with Crippen LogP contribution >= 0.6 is 15.9 Å². The van der Waals surface area contributed by atoms with Crippen LogP contribution in [-0.2, 0) is 0 Å². The first-order valence-corrected chi connectivity index (χ1v) is 6.12. The van der Waals surface area contributed by atoms with Gasteiger partial charge in [-0.3, -0.25) is 9.89 Å². The Bertz CT molecular complexity index is 556. The maximum absolute atomic E-state index is 13.1. The van der Waals surface area contributed by atoms with Gasteiger partial charge in [-0.1, -0.05) is 0 Å². The molecule has 1 unspecified atom stereocenters. The molecule has 1 aromatic carbocycles. The molecule has 0 aliphatic rings. The Morgan fingerprint density at radius 1 is 1.56 bits per heavy atom. The number of carbonyl (C=O) groups is 1. The standard InChI is InChI=1S/C12H11BrFN3O/c1-7(9-5-15-16-6-9)17-12(18)8-2-3-11(14)10(13)4-8/h2-7H,1H3,(H,15,16)(H,17,18). The highest BCUT2D eigenvalue weighted by Crippen LogP contribution is 2.17. The first-order valence-electron chi connectivity index (χ1n) is 5.32. The zero-order valence-corrected chi connectivity index (χ0v) is 11.2. The Labute approximate surface area is 112 Å². The average molecular weight is 312 g/mol. The van der Waals surface area contributed by atoms with Gasteiger partial charge in [-0.15, -0.1) is 0 Å². The molecular weight excluding hydrogens is 301 g/mol. The topological polar surface area (TPSA) is 57.8 Å². The van der Waals surface area contributed by atoms with Gasteiger partial charge >= 0.3 is 0 Å². The number of carbonyl (C=O) groups excluding carboxylic acids is 1. The van der Waals surface area contributed by atoms with E-state index in [1.165, 1.54) is 18.2 Å².